The second-order valence-electron chi connectivity index (χ2n) is 5.70. The summed E-state index contributed by atoms with van der Waals surface area (Å²) < 4.78 is 23.3. The van der Waals surface area contributed by atoms with Crippen LogP contribution in [0.3, 0.4) is 0 Å². The Balaban J connectivity index is 3.24. The summed E-state index contributed by atoms with van der Waals surface area (Å²) in [5, 5.41) is 0. The van der Waals surface area contributed by atoms with Crippen LogP contribution in [0.25, 0.3) is 5.53 Å². The zero-order valence-corrected chi connectivity index (χ0v) is 16.8. The van der Waals surface area contributed by atoms with Crippen LogP contribution in [-0.4, -0.2) is 40.8 Å². The van der Waals surface area contributed by atoms with E-state index in [0.29, 0.717) is 6.54 Å². The molecule has 0 N–H and O–H groups in total. The third-order valence-electron chi connectivity index (χ3n) is 3.91. The molecule has 144 valence electrons. The zero-order chi connectivity index (χ0) is 19.6. The van der Waals surface area contributed by atoms with Gasteiger partial charge in [0, 0.05) is 6.54 Å². The van der Waals surface area contributed by atoms with Gasteiger partial charge in [-0.2, -0.15) is 4.79 Å². The second-order valence-corrected chi connectivity index (χ2v) is 7.63. The van der Waals surface area contributed by atoms with Crippen molar-refractivity contribution in [1.29, 1.82) is 0 Å². The maximum atomic E-state index is 13.1. The molecular weight excluding hydrogens is 353 g/mol. The lowest BCUT2D eigenvalue weighted by atomic mass is 10.1. The number of hydrogen-bond donors (Lipinski definition) is 0. The number of rotatable bonds is 11. The van der Waals surface area contributed by atoms with Crippen molar-refractivity contribution in [2.75, 3.05) is 19.8 Å². The van der Waals surface area contributed by atoms with Crippen molar-refractivity contribution < 1.29 is 23.2 Å². The quantitative estimate of drug-likeness (QED) is 0.248. The molecular formula is C18H28N3O4P. The van der Waals surface area contributed by atoms with E-state index < -0.39 is 19.0 Å². The van der Waals surface area contributed by atoms with Gasteiger partial charge in [-0.25, -0.2) is 4.57 Å². The van der Waals surface area contributed by atoms with Crippen LogP contribution in [0, 0.1) is 0 Å². The van der Waals surface area contributed by atoms with Gasteiger partial charge < -0.3 is 19.5 Å². The molecule has 0 fully saturated rings. The summed E-state index contributed by atoms with van der Waals surface area (Å²) in [5.41, 5.74) is 9.76. The minimum atomic E-state index is -3.99. The maximum Gasteiger partial charge on any atom is 0.465 e. The fourth-order valence-corrected chi connectivity index (χ4v) is 4.02. The number of amides is 1. The van der Waals surface area contributed by atoms with Gasteiger partial charge in [0.15, 0.2) is 0 Å². The first-order valence-corrected chi connectivity index (χ1v) is 10.5. The molecule has 1 unspecified atom stereocenters. The normalized spacial score (nSPS) is 12.3. The van der Waals surface area contributed by atoms with E-state index in [4.69, 9.17) is 9.05 Å². The van der Waals surface area contributed by atoms with Gasteiger partial charge in [0.2, 0.25) is 0 Å². The molecule has 1 aromatic carbocycles. The van der Waals surface area contributed by atoms with Crippen molar-refractivity contribution in [2.45, 2.75) is 46.6 Å². The third kappa shape index (κ3) is 5.61. The lowest BCUT2D eigenvalue weighted by Crippen LogP contribution is -2.40. The number of carbonyl (C=O) groups is 1. The highest BCUT2D eigenvalue weighted by Gasteiger charge is 2.48. The Labute approximate surface area is 155 Å². The molecule has 1 amide bonds. The van der Waals surface area contributed by atoms with Gasteiger partial charge in [-0.05, 0) is 32.8 Å². The molecule has 1 aromatic rings. The van der Waals surface area contributed by atoms with Crippen LogP contribution in [0.1, 0.15) is 52.1 Å². The van der Waals surface area contributed by atoms with E-state index in [1.54, 1.807) is 18.7 Å². The van der Waals surface area contributed by atoms with Gasteiger partial charge in [-0.15, -0.1) is 0 Å². The number of carbonyl (C=O) groups excluding carboxylic acids is 1. The Morgan fingerprint density at radius 3 is 2.23 bits per heavy atom. The van der Waals surface area contributed by atoms with Gasteiger partial charge in [0.1, 0.15) is 0 Å². The first-order chi connectivity index (χ1) is 12.4. The Morgan fingerprint density at radius 1 is 1.19 bits per heavy atom. The molecule has 0 aliphatic heterocycles. The fraction of sp³-hybridized carbons (Fsp3) is 0.556. The summed E-state index contributed by atoms with van der Waals surface area (Å²) in [6.45, 7) is 7.72. The van der Waals surface area contributed by atoms with Gasteiger partial charge in [-0.1, -0.05) is 43.7 Å². The molecule has 0 radical (unpaired) electrons. The van der Waals surface area contributed by atoms with E-state index in [9.17, 15) is 14.9 Å². The van der Waals surface area contributed by atoms with E-state index in [1.807, 2.05) is 44.2 Å². The second kappa shape index (κ2) is 11.0. The van der Waals surface area contributed by atoms with E-state index in [-0.39, 0.29) is 19.3 Å². The van der Waals surface area contributed by atoms with E-state index in [2.05, 4.69) is 4.79 Å². The van der Waals surface area contributed by atoms with E-state index in [1.165, 1.54) is 0 Å². The van der Waals surface area contributed by atoms with Crippen molar-refractivity contribution in [3.63, 3.8) is 0 Å². The predicted molar refractivity (Wildman–Crippen MR) is 101 cm³/mol. The predicted octanol–water partition coefficient (Wildman–Crippen LogP) is 4.27. The Bertz CT molecular complexity index is 664. The highest BCUT2D eigenvalue weighted by molar-refractivity contribution is 7.74. The van der Waals surface area contributed by atoms with Crippen LogP contribution in [0.15, 0.2) is 30.3 Å². The van der Waals surface area contributed by atoms with Gasteiger partial charge in [0.05, 0.1) is 19.3 Å². The minimum Gasteiger partial charge on any atom is -0.360 e. The molecule has 1 atom stereocenters. The SMILES string of the molecule is CCCCN(C(=O)C(=[N+]=[N-])P(=O)(OCC)OCC)C(C)c1ccccc1. The number of nitrogens with zero attached hydrogens (tertiary/aromatic N) is 3. The van der Waals surface area contributed by atoms with Crippen LogP contribution in [0.5, 0.6) is 0 Å². The lowest BCUT2D eigenvalue weighted by molar-refractivity contribution is -0.130. The summed E-state index contributed by atoms with van der Waals surface area (Å²) in [6.07, 6.45) is 1.64. The number of hydrogen-bond acceptors (Lipinski definition) is 4. The molecule has 0 heterocycles. The number of benzene rings is 1. The fourth-order valence-electron chi connectivity index (χ4n) is 2.55. The highest BCUT2D eigenvalue weighted by atomic mass is 31.2. The summed E-state index contributed by atoms with van der Waals surface area (Å²) in [7, 11) is -3.99. The van der Waals surface area contributed by atoms with Crippen molar-refractivity contribution >= 4 is 19.0 Å². The molecule has 0 aliphatic carbocycles. The van der Waals surface area contributed by atoms with Crippen LogP contribution in [-0.2, 0) is 18.4 Å². The smallest absolute Gasteiger partial charge is 0.360 e. The molecule has 7 nitrogen and oxygen atoms in total. The van der Waals surface area contributed by atoms with Gasteiger partial charge in [0.25, 0.3) is 0 Å². The van der Waals surface area contributed by atoms with Crippen molar-refractivity contribution in [3.05, 3.63) is 41.4 Å². The first-order valence-electron chi connectivity index (χ1n) is 8.92. The molecule has 26 heavy (non-hydrogen) atoms. The Hall–Kier alpha value is -1.78. The average molecular weight is 381 g/mol. The standard InChI is InChI=1S/C18H28N3O4P/c1-5-8-14-21(15(4)16-12-10-9-11-13-16)18(22)17(20-19)26(23,24-6-2)25-7-3/h9-13,15H,5-8,14H2,1-4H3. The van der Waals surface area contributed by atoms with Gasteiger partial charge >= 0.3 is 19.0 Å². The van der Waals surface area contributed by atoms with Crippen molar-refractivity contribution in [1.82, 2.24) is 4.90 Å². The molecule has 0 aromatic heterocycles. The minimum absolute atomic E-state index is 0.0623. The number of unbranched alkanes of at least 4 members (excludes halogenated alkanes) is 1. The van der Waals surface area contributed by atoms with E-state index >= 15 is 0 Å². The largest absolute Gasteiger partial charge is 0.465 e. The Morgan fingerprint density at radius 2 is 1.77 bits per heavy atom. The van der Waals surface area contributed by atoms with Gasteiger partial charge in [-0.3, -0.25) is 4.79 Å². The summed E-state index contributed by atoms with van der Waals surface area (Å²) in [6, 6.07) is 9.22. The summed E-state index contributed by atoms with van der Waals surface area (Å²) >= 11 is 0. The van der Waals surface area contributed by atoms with Crippen molar-refractivity contribution in [2.24, 2.45) is 0 Å². The van der Waals surface area contributed by atoms with Crippen LogP contribution >= 0.6 is 7.60 Å². The molecule has 0 saturated heterocycles. The molecule has 0 spiro atoms. The van der Waals surface area contributed by atoms with E-state index in [0.717, 1.165) is 18.4 Å². The Kier molecular flexibility index (Phi) is 9.46. The molecule has 0 bridgehead atoms. The lowest BCUT2D eigenvalue weighted by Gasteiger charge is -2.28. The maximum absolute atomic E-state index is 13.1. The van der Waals surface area contributed by atoms with Crippen LogP contribution in [0.2, 0.25) is 0 Å². The summed E-state index contributed by atoms with van der Waals surface area (Å²) in [5.74, 6) is -0.650. The molecule has 1 rings (SSSR count). The highest BCUT2D eigenvalue weighted by Crippen LogP contribution is 2.49. The van der Waals surface area contributed by atoms with Crippen molar-refractivity contribution in [3.8, 4) is 0 Å². The zero-order valence-electron chi connectivity index (χ0n) is 15.9. The molecule has 0 saturated carbocycles. The first kappa shape index (κ1) is 22.3. The topological polar surface area (TPSA) is 92.2 Å². The third-order valence-corrected chi connectivity index (χ3v) is 5.90. The monoisotopic (exact) mass is 381 g/mol. The molecule has 8 heteroatoms. The average Bonchev–Trinajstić information content (AvgIpc) is 2.63. The van der Waals surface area contributed by atoms with Crippen LogP contribution in [0.4, 0.5) is 0 Å². The summed E-state index contributed by atoms with van der Waals surface area (Å²) in [4.78, 5) is 17.6. The molecule has 0 aliphatic rings. The van der Waals surface area contributed by atoms with Crippen LogP contribution < -0.4 is 0 Å².